The molecule has 1 rings (SSSR count). The first-order chi connectivity index (χ1) is 8.65. The van der Waals surface area contributed by atoms with E-state index in [1.165, 1.54) is 18.2 Å². The number of methoxy groups -OCH3 is 1. The Balaban J connectivity index is 2.30. The number of carbonyl (C=O) groups is 1. The SMILES string of the molecule is COCCNCCNC(=O)c1ccc(F)c(Cl)c1. The molecular weight excluding hydrogens is 259 g/mol. The number of nitrogens with one attached hydrogen (secondary N) is 2. The first kappa shape index (κ1) is 14.9. The molecule has 0 aromatic heterocycles. The summed E-state index contributed by atoms with van der Waals surface area (Å²) in [5.41, 5.74) is 0.346. The first-order valence-corrected chi connectivity index (χ1v) is 5.96. The molecule has 0 fully saturated rings. The summed E-state index contributed by atoms with van der Waals surface area (Å²) in [5, 5.41) is 5.73. The highest BCUT2D eigenvalue weighted by Crippen LogP contribution is 2.15. The number of rotatable bonds is 7. The van der Waals surface area contributed by atoms with Crippen molar-refractivity contribution in [1.82, 2.24) is 10.6 Å². The molecule has 6 heteroatoms. The lowest BCUT2D eigenvalue weighted by atomic mass is 10.2. The van der Waals surface area contributed by atoms with Gasteiger partial charge >= 0.3 is 0 Å². The highest BCUT2D eigenvalue weighted by atomic mass is 35.5. The van der Waals surface area contributed by atoms with Crippen LogP contribution in [0.1, 0.15) is 10.4 Å². The lowest BCUT2D eigenvalue weighted by Gasteiger charge is -2.07. The highest BCUT2D eigenvalue weighted by Gasteiger charge is 2.07. The van der Waals surface area contributed by atoms with Crippen molar-refractivity contribution in [2.45, 2.75) is 0 Å². The molecule has 0 spiro atoms. The Labute approximate surface area is 110 Å². The van der Waals surface area contributed by atoms with E-state index in [0.29, 0.717) is 25.3 Å². The summed E-state index contributed by atoms with van der Waals surface area (Å²) in [6, 6.07) is 3.88. The zero-order valence-electron chi connectivity index (χ0n) is 10.1. The van der Waals surface area contributed by atoms with Gasteiger partial charge in [0.1, 0.15) is 5.82 Å². The Bertz CT molecular complexity index is 402. The van der Waals surface area contributed by atoms with Gasteiger partial charge in [0, 0.05) is 32.3 Å². The maximum Gasteiger partial charge on any atom is 0.251 e. The topological polar surface area (TPSA) is 50.4 Å². The highest BCUT2D eigenvalue weighted by molar-refractivity contribution is 6.31. The Morgan fingerprint density at radius 3 is 2.83 bits per heavy atom. The molecule has 18 heavy (non-hydrogen) atoms. The first-order valence-electron chi connectivity index (χ1n) is 5.58. The molecule has 0 aliphatic heterocycles. The van der Waals surface area contributed by atoms with E-state index < -0.39 is 5.82 Å². The molecule has 0 atom stereocenters. The Morgan fingerprint density at radius 1 is 1.39 bits per heavy atom. The van der Waals surface area contributed by atoms with Gasteiger partial charge < -0.3 is 15.4 Å². The van der Waals surface area contributed by atoms with Gasteiger partial charge in [-0.15, -0.1) is 0 Å². The van der Waals surface area contributed by atoms with E-state index in [1.54, 1.807) is 7.11 Å². The van der Waals surface area contributed by atoms with E-state index in [-0.39, 0.29) is 10.9 Å². The number of hydrogen-bond acceptors (Lipinski definition) is 3. The normalized spacial score (nSPS) is 10.4. The van der Waals surface area contributed by atoms with Crippen LogP contribution in [0.5, 0.6) is 0 Å². The summed E-state index contributed by atoms with van der Waals surface area (Å²) >= 11 is 5.60. The maximum atomic E-state index is 12.9. The number of ether oxygens (including phenoxy) is 1. The van der Waals surface area contributed by atoms with Crippen LogP contribution in [0, 0.1) is 5.82 Å². The van der Waals surface area contributed by atoms with Gasteiger partial charge in [0.2, 0.25) is 0 Å². The van der Waals surface area contributed by atoms with Crippen molar-refractivity contribution in [2.75, 3.05) is 33.4 Å². The molecule has 0 unspecified atom stereocenters. The molecule has 0 heterocycles. The van der Waals surface area contributed by atoms with Crippen molar-refractivity contribution in [2.24, 2.45) is 0 Å². The van der Waals surface area contributed by atoms with Crippen molar-refractivity contribution in [3.05, 3.63) is 34.6 Å². The van der Waals surface area contributed by atoms with E-state index in [4.69, 9.17) is 16.3 Å². The van der Waals surface area contributed by atoms with Gasteiger partial charge in [-0.05, 0) is 18.2 Å². The Kier molecular flexibility index (Phi) is 6.64. The third kappa shape index (κ3) is 5.00. The molecule has 1 aromatic rings. The third-order valence-corrected chi connectivity index (χ3v) is 2.54. The smallest absolute Gasteiger partial charge is 0.251 e. The number of carbonyl (C=O) groups excluding carboxylic acids is 1. The van der Waals surface area contributed by atoms with Crippen LogP contribution in [0.2, 0.25) is 5.02 Å². The van der Waals surface area contributed by atoms with Crippen LogP contribution < -0.4 is 10.6 Å². The molecule has 0 aliphatic carbocycles. The van der Waals surface area contributed by atoms with E-state index in [1.807, 2.05) is 0 Å². The lowest BCUT2D eigenvalue weighted by molar-refractivity contribution is 0.0953. The van der Waals surface area contributed by atoms with Crippen LogP contribution in [0.25, 0.3) is 0 Å². The van der Waals surface area contributed by atoms with E-state index >= 15 is 0 Å². The predicted molar refractivity (Wildman–Crippen MR) is 68.5 cm³/mol. The van der Waals surface area contributed by atoms with Crippen LogP contribution in [-0.4, -0.2) is 39.3 Å². The summed E-state index contributed by atoms with van der Waals surface area (Å²) in [6.07, 6.45) is 0. The average molecular weight is 275 g/mol. The number of amides is 1. The average Bonchev–Trinajstić information content (AvgIpc) is 2.36. The quantitative estimate of drug-likeness (QED) is 0.740. The minimum Gasteiger partial charge on any atom is -0.383 e. The number of halogens is 2. The van der Waals surface area contributed by atoms with Gasteiger partial charge in [0.15, 0.2) is 0 Å². The predicted octanol–water partition coefficient (Wildman–Crippen LogP) is 1.44. The van der Waals surface area contributed by atoms with Crippen molar-refractivity contribution < 1.29 is 13.9 Å². The van der Waals surface area contributed by atoms with Gasteiger partial charge in [0.05, 0.1) is 11.6 Å². The van der Waals surface area contributed by atoms with Gasteiger partial charge in [-0.25, -0.2) is 4.39 Å². The molecular formula is C12H16ClFN2O2. The van der Waals surface area contributed by atoms with E-state index in [0.717, 1.165) is 6.54 Å². The summed E-state index contributed by atoms with van der Waals surface area (Å²) in [7, 11) is 1.63. The fourth-order valence-electron chi connectivity index (χ4n) is 1.30. The van der Waals surface area contributed by atoms with Gasteiger partial charge in [-0.1, -0.05) is 11.6 Å². The monoisotopic (exact) mass is 274 g/mol. The molecule has 0 radical (unpaired) electrons. The van der Waals surface area contributed by atoms with Crippen molar-refractivity contribution in [1.29, 1.82) is 0 Å². The fraction of sp³-hybridized carbons (Fsp3) is 0.417. The second-order valence-electron chi connectivity index (χ2n) is 3.63. The molecule has 4 nitrogen and oxygen atoms in total. The third-order valence-electron chi connectivity index (χ3n) is 2.25. The standard InChI is InChI=1S/C12H16ClFN2O2/c1-18-7-6-15-4-5-16-12(17)9-2-3-11(14)10(13)8-9/h2-3,8,15H,4-7H2,1H3,(H,16,17). The lowest BCUT2D eigenvalue weighted by Crippen LogP contribution is -2.33. The minimum absolute atomic E-state index is 0.0548. The van der Waals surface area contributed by atoms with E-state index in [2.05, 4.69) is 10.6 Å². The second-order valence-corrected chi connectivity index (χ2v) is 4.03. The summed E-state index contributed by atoms with van der Waals surface area (Å²) in [6.45, 7) is 2.48. The van der Waals surface area contributed by atoms with Gasteiger partial charge in [-0.3, -0.25) is 4.79 Å². The molecule has 0 aliphatic rings. The molecule has 1 aromatic carbocycles. The van der Waals surface area contributed by atoms with Crippen molar-refractivity contribution >= 4 is 17.5 Å². The van der Waals surface area contributed by atoms with Gasteiger partial charge in [-0.2, -0.15) is 0 Å². The summed E-state index contributed by atoms with van der Waals surface area (Å²) in [5.74, 6) is -0.806. The van der Waals surface area contributed by atoms with Crippen LogP contribution in [-0.2, 0) is 4.74 Å². The molecule has 1 amide bonds. The summed E-state index contributed by atoms with van der Waals surface area (Å²) < 4.78 is 17.8. The number of hydrogen-bond donors (Lipinski definition) is 2. The largest absolute Gasteiger partial charge is 0.383 e. The minimum atomic E-state index is -0.533. The van der Waals surface area contributed by atoms with E-state index in [9.17, 15) is 9.18 Å². The van der Waals surface area contributed by atoms with Gasteiger partial charge in [0.25, 0.3) is 5.91 Å². The second kappa shape index (κ2) is 8.02. The van der Waals surface area contributed by atoms with Crippen molar-refractivity contribution in [3.8, 4) is 0 Å². The van der Waals surface area contributed by atoms with Crippen LogP contribution in [0.3, 0.4) is 0 Å². The Morgan fingerprint density at radius 2 is 2.17 bits per heavy atom. The molecule has 0 bridgehead atoms. The fourth-order valence-corrected chi connectivity index (χ4v) is 1.48. The zero-order chi connectivity index (χ0) is 13.4. The summed E-state index contributed by atoms with van der Waals surface area (Å²) in [4.78, 5) is 11.7. The van der Waals surface area contributed by atoms with Crippen LogP contribution >= 0.6 is 11.6 Å². The molecule has 0 saturated heterocycles. The van der Waals surface area contributed by atoms with Crippen LogP contribution in [0.15, 0.2) is 18.2 Å². The molecule has 100 valence electrons. The number of benzene rings is 1. The Hall–Kier alpha value is -1.17. The maximum absolute atomic E-state index is 12.9. The molecule has 0 saturated carbocycles. The molecule has 2 N–H and O–H groups in total. The zero-order valence-corrected chi connectivity index (χ0v) is 10.9. The van der Waals surface area contributed by atoms with Crippen molar-refractivity contribution in [3.63, 3.8) is 0 Å². The van der Waals surface area contributed by atoms with Crippen LogP contribution in [0.4, 0.5) is 4.39 Å².